The maximum Gasteiger partial charge on any atom is 0.358 e. The summed E-state index contributed by atoms with van der Waals surface area (Å²) in [6, 6.07) is 8.94. The Kier molecular flexibility index (Phi) is 5.67. The van der Waals surface area contributed by atoms with Crippen LogP contribution in [0, 0.1) is 0 Å². The zero-order valence-corrected chi connectivity index (χ0v) is 12.6. The normalized spacial score (nSPS) is 9.82. The Bertz CT molecular complexity index is 655. The zero-order valence-electron chi connectivity index (χ0n) is 11.7. The van der Waals surface area contributed by atoms with E-state index in [1.807, 2.05) is 6.07 Å². The van der Waals surface area contributed by atoms with Gasteiger partial charge in [-0.3, -0.25) is 4.79 Å². The van der Waals surface area contributed by atoms with Crippen LogP contribution in [0.5, 0.6) is 0 Å². The first-order valence-corrected chi connectivity index (χ1v) is 7.39. The number of ether oxygens (including phenoxy) is 1. The molecule has 1 aromatic heterocycles. The van der Waals surface area contributed by atoms with E-state index in [1.165, 1.54) is 11.3 Å². The molecule has 0 radical (unpaired) electrons. The summed E-state index contributed by atoms with van der Waals surface area (Å²) < 4.78 is 4.93. The first-order valence-electron chi connectivity index (χ1n) is 6.51. The third-order valence-electron chi connectivity index (χ3n) is 2.50. The summed E-state index contributed by atoms with van der Waals surface area (Å²) in [5.41, 5.74) is 0.817. The topological polar surface area (TPSA) is 80.3 Å². The van der Waals surface area contributed by atoms with Crippen molar-refractivity contribution in [1.29, 1.82) is 0 Å². The molecule has 0 spiro atoms. The summed E-state index contributed by atoms with van der Waals surface area (Å²) in [4.78, 5) is 27.5. The number of thiazole rings is 1. The van der Waals surface area contributed by atoms with E-state index in [0.29, 0.717) is 17.4 Å². The molecule has 22 heavy (non-hydrogen) atoms. The Morgan fingerprint density at radius 2 is 2.09 bits per heavy atom. The fraction of sp³-hybridized carbons (Fsp3) is 0.133. The molecule has 1 heterocycles. The van der Waals surface area contributed by atoms with Gasteiger partial charge in [0.1, 0.15) is 0 Å². The summed E-state index contributed by atoms with van der Waals surface area (Å²) in [5, 5.41) is 7.76. The van der Waals surface area contributed by atoms with Gasteiger partial charge >= 0.3 is 5.97 Å². The standard InChI is InChI=1S/C15H15N3O3S/c1-2-8-16-15-18-12(10-22-15)14(20)21-9-13(19)17-11-6-4-3-5-7-11/h2-7,10H,1,8-9H2,(H,16,18)(H,17,19). The van der Waals surface area contributed by atoms with Crippen LogP contribution in [0.3, 0.4) is 0 Å². The maximum atomic E-state index is 11.8. The first kappa shape index (κ1) is 15.7. The molecular formula is C15H15N3O3S. The quantitative estimate of drug-likeness (QED) is 0.606. The first-order chi connectivity index (χ1) is 10.7. The SMILES string of the molecule is C=CCNc1nc(C(=O)OCC(=O)Nc2ccccc2)cs1. The van der Waals surface area contributed by atoms with E-state index in [9.17, 15) is 9.59 Å². The van der Waals surface area contributed by atoms with Crippen LogP contribution in [-0.4, -0.2) is 30.0 Å². The molecule has 2 N–H and O–H groups in total. The Labute approximate surface area is 131 Å². The molecule has 114 valence electrons. The molecule has 0 aliphatic heterocycles. The van der Waals surface area contributed by atoms with Crippen LogP contribution < -0.4 is 10.6 Å². The van der Waals surface area contributed by atoms with Gasteiger partial charge in [0.05, 0.1) is 0 Å². The summed E-state index contributed by atoms with van der Waals surface area (Å²) in [6.45, 7) is 3.78. The van der Waals surface area contributed by atoms with Gasteiger partial charge < -0.3 is 15.4 Å². The van der Waals surface area contributed by atoms with Gasteiger partial charge in [-0.1, -0.05) is 24.3 Å². The monoisotopic (exact) mass is 317 g/mol. The fourth-order valence-corrected chi connectivity index (χ4v) is 2.22. The number of amides is 1. The number of anilines is 2. The Morgan fingerprint density at radius 1 is 1.32 bits per heavy atom. The number of hydrogen-bond acceptors (Lipinski definition) is 6. The van der Waals surface area contributed by atoms with Gasteiger partial charge in [-0.15, -0.1) is 17.9 Å². The number of para-hydroxylation sites is 1. The Hall–Kier alpha value is -2.67. The van der Waals surface area contributed by atoms with Gasteiger partial charge in [0.15, 0.2) is 17.4 Å². The minimum absolute atomic E-state index is 0.170. The highest BCUT2D eigenvalue weighted by atomic mass is 32.1. The van der Waals surface area contributed by atoms with Crippen LogP contribution >= 0.6 is 11.3 Å². The summed E-state index contributed by atoms with van der Waals surface area (Å²) in [6.07, 6.45) is 1.69. The highest BCUT2D eigenvalue weighted by molar-refractivity contribution is 7.13. The second-order valence-corrected chi connectivity index (χ2v) is 5.06. The lowest BCUT2D eigenvalue weighted by molar-refractivity contribution is -0.119. The highest BCUT2D eigenvalue weighted by Gasteiger charge is 2.14. The minimum Gasteiger partial charge on any atom is -0.451 e. The van der Waals surface area contributed by atoms with Crippen LogP contribution in [-0.2, 0) is 9.53 Å². The van der Waals surface area contributed by atoms with Crippen LogP contribution in [0.25, 0.3) is 0 Å². The van der Waals surface area contributed by atoms with Gasteiger partial charge in [-0.05, 0) is 12.1 Å². The molecule has 2 aromatic rings. The molecule has 1 amide bonds. The number of nitrogens with one attached hydrogen (secondary N) is 2. The third kappa shape index (κ3) is 4.71. The van der Waals surface area contributed by atoms with Crippen LogP contribution in [0.15, 0.2) is 48.4 Å². The van der Waals surface area contributed by atoms with Crippen LogP contribution in [0.4, 0.5) is 10.8 Å². The average Bonchev–Trinajstić information content (AvgIpc) is 3.00. The van der Waals surface area contributed by atoms with Crippen molar-refractivity contribution in [2.45, 2.75) is 0 Å². The smallest absolute Gasteiger partial charge is 0.358 e. The molecule has 0 saturated carbocycles. The number of hydrogen-bond donors (Lipinski definition) is 2. The third-order valence-corrected chi connectivity index (χ3v) is 3.30. The van der Waals surface area contributed by atoms with E-state index < -0.39 is 11.9 Å². The van der Waals surface area contributed by atoms with E-state index in [1.54, 1.807) is 35.7 Å². The summed E-state index contributed by atoms with van der Waals surface area (Å²) in [7, 11) is 0. The molecule has 6 nitrogen and oxygen atoms in total. The number of carbonyl (C=O) groups excluding carboxylic acids is 2. The molecule has 1 aromatic carbocycles. The second kappa shape index (κ2) is 7.94. The molecular weight excluding hydrogens is 302 g/mol. The molecule has 0 aliphatic carbocycles. The van der Waals surface area contributed by atoms with Gasteiger partial charge in [-0.2, -0.15) is 0 Å². The van der Waals surface area contributed by atoms with E-state index in [0.717, 1.165) is 0 Å². The summed E-state index contributed by atoms with van der Waals surface area (Å²) >= 11 is 1.28. The predicted octanol–water partition coefficient (Wildman–Crippen LogP) is 2.54. The average molecular weight is 317 g/mol. The van der Waals surface area contributed by atoms with Crippen LogP contribution in [0.1, 0.15) is 10.5 Å². The number of carbonyl (C=O) groups is 2. The molecule has 0 atom stereocenters. The minimum atomic E-state index is -0.633. The lowest BCUT2D eigenvalue weighted by Gasteiger charge is -2.05. The van der Waals surface area contributed by atoms with Gasteiger partial charge in [0, 0.05) is 17.6 Å². The van der Waals surface area contributed by atoms with Crippen molar-refractivity contribution in [1.82, 2.24) is 4.98 Å². The molecule has 0 bridgehead atoms. The molecule has 0 aliphatic rings. The van der Waals surface area contributed by atoms with E-state index in [2.05, 4.69) is 22.2 Å². The summed E-state index contributed by atoms with van der Waals surface area (Å²) in [5.74, 6) is -1.04. The number of aromatic nitrogens is 1. The molecule has 7 heteroatoms. The van der Waals surface area contributed by atoms with Crippen molar-refractivity contribution in [2.75, 3.05) is 23.8 Å². The predicted molar refractivity (Wildman–Crippen MR) is 86.2 cm³/mol. The van der Waals surface area contributed by atoms with Gasteiger partial charge in [-0.25, -0.2) is 9.78 Å². The van der Waals surface area contributed by atoms with Crippen molar-refractivity contribution in [3.63, 3.8) is 0 Å². The molecule has 0 saturated heterocycles. The Balaban J connectivity index is 1.80. The van der Waals surface area contributed by atoms with E-state index in [4.69, 9.17) is 4.74 Å². The van der Waals surface area contributed by atoms with E-state index in [-0.39, 0.29) is 12.3 Å². The molecule has 0 unspecified atom stereocenters. The number of esters is 1. The molecule has 0 fully saturated rings. The van der Waals surface area contributed by atoms with Crippen molar-refractivity contribution < 1.29 is 14.3 Å². The number of benzene rings is 1. The van der Waals surface area contributed by atoms with Crippen molar-refractivity contribution in [3.05, 3.63) is 54.1 Å². The van der Waals surface area contributed by atoms with Crippen molar-refractivity contribution >= 4 is 34.0 Å². The zero-order chi connectivity index (χ0) is 15.8. The Morgan fingerprint density at radius 3 is 2.82 bits per heavy atom. The molecule has 2 rings (SSSR count). The largest absolute Gasteiger partial charge is 0.451 e. The lowest BCUT2D eigenvalue weighted by Crippen LogP contribution is -2.21. The lowest BCUT2D eigenvalue weighted by atomic mass is 10.3. The number of nitrogens with zero attached hydrogens (tertiary/aromatic N) is 1. The van der Waals surface area contributed by atoms with Crippen molar-refractivity contribution in [2.24, 2.45) is 0 Å². The second-order valence-electron chi connectivity index (χ2n) is 4.20. The van der Waals surface area contributed by atoms with Gasteiger partial charge in [0.2, 0.25) is 0 Å². The number of rotatable bonds is 7. The van der Waals surface area contributed by atoms with Gasteiger partial charge in [0.25, 0.3) is 5.91 Å². The van der Waals surface area contributed by atoms with E-state index >= 15 is 0 Å². The van der Waals surface area contributed by atoms with Crippen molar-refractivity contribution in [3.8, 4) is 0 Å². The maximum absolute atomic E-state index is 11.8. The highest BCUT2D eigenvalue weighted by Crippen LogP contribution is 2.15. The fourth-order valence-electron chi connectivity index (χ4n) is 1.53. The van der Waals surface area contributed by atoms with Crippen LogP contribution in [0.2, 0.25) is 0 Å².